The van der Waals surface area contributed by atoms with Crippen LogP contribution in [-0.4, -0.2) is 71.6 Å². The van der Waals surface area contributed by atoms with E-state index in [1.54, 1.807) is 4.90 Å². The third kappa shape index (κ3) is 5.57. The van der Waals surface area contributed by atoms with Crippen molar-refractivity contribution in [2.24, 2.45) is 0 Å². The van der Waals surface area contributed by atoms with Gasteiger partial charge < -0.3 is 15.3 Å². The van der Waals surface area contributed by atoms with Gasteiger partial charge in [0, 0.05) is 25.7 Å². The van der Waals surface area contributed by atoms with Gasteiger partial charge in [0.05, 0.1) is 19.2 Å². The lowest BCUT2D eigenvalue weighted by Crippen LogP contribution is -2.46. The highest BCUT2D eigenvalue weighted by Gasteiger charge is 2.24. The smallest absolute Gasteiger partial charge is 0.239 e. The molecule has 0 aromatic rings. The van der Waals surface area contributed by atoms with E-state index in [1.807, 2.05) is 25.7 Å². The summed E-state index contributed by atoms with van der Waals surface area (Å²) in [6.07, 6.45) is 0.389. The summed E-state index contributed by atoms with van der Waals surface area (Å²) in [7, 11) is 0. The number of likely N-dealkylation sites (N-methyl/N-ethyl adjacent to an activating group) is 1. The zero-order chi connectivity index (χ0) is 14.4. The van der Waals surface area contributed by atoms with Gasteiger partial charge in [-0.25, -0.2) is 0 Å². The first-order valence-electron chi connectivity index (χ1n) is 6.90. The van der Waals surface area contributed by atoms with Crippen LogP contribution >= 0.6 is 0 Å². The Hall–Kier alpha value is -1.14. The van der Waals surface area contributed by atoms with Crippen molar-refractivity contribution in [3.63, 3.8) is 0 Å². The first-order chi connectivity index (χ1) is 8.92. The number of hydrogen-bond donors (Lipinski definition) is 2. The molecule has 0 spiro atoms. The Morgan fingerprint density at radius 2 is 2.16 bits per heavy atom. The lowest BCUT2D eigenvalue weighted by Gasteiger charge is -2.24. The van der Waals surface area contributed by atoms with Gasteiger partial charge in [0.25, 0.3) is 0 Å². The summed E-state index contributed by atoms with van der Waals surface area (Å²) in [5.74, 6) is -0.192. The molecule has 0 aliphatic carbocycles. The van der Waals surface area contributed by atoms with Gasteiger partial charge in [-0.05, 0) is 27.2 Å². The van der Waals surface area contributed by atoms with E-state index in [0.717, 1.165) is 6.54 Å². The molecular formula is C13H25N3O3. The summed E-state index contributed by atoms with van der Waals surface area (Å²) in [5, 5.41) is 12.2. The minimum Gasteiger partial charge on any atom is -0.392 e. The molecule has 0 unspecified atom stereocenters. The van der Waals surface area contributed by atoms with Gasteiger partial charge in [-0.2, -0.15) is 0 Å². The maximum absolute atomic E-state index is 12.1. The van der Waals surface area contributed by atoms with Gasteiger partial charge in [-0.3, -0.25) is 14.5 Å². The van der Waals surface area contributed by atoms with E-state index < -0.39 is 0 Å². The van der Waals surface area contributed by atoms with E-state index in [4.69, 9.17) is 0 Å². The third-order valence-electron chi connectivity index (χ3n) is 3.12. The van der Waals surface area contributed by atoms with Gasteiger partial charge in [0.15, 0.2) is 0 Å². The number of aliphatic hydroxyl groups is 1. The maximum atomic E-state index is 12.1. The average Bonchev–Trinajstić information content (AvgIpc) is 2.70. The number of rotatable bonds is 6. The monoisotopic (exact) mass is 271 g/mol. The number of aliphatic hydroxyl groups excluding tert-OH is 1. The first-order valence-corrected chi connectivity index (χ1v) is 6.90. The molecule has 1 heterocycles. The Morgan fingerprint density at radius 3 is 2.63 bits per heavy atom. The van der Waals surface area contributed by atoms with Gasteiger partial charge >= 0.3 is 0 Å². The summed E-state index contributed by atoms with van der Waals surface area (Å²) < 4.78 is 0. The molecule has 0 radical (unpaired) electrons. The van der Waals surface area contributed by atoms with E-state index in [-0.39, 0.29) is 37.0 Å². The molecule has 1 aliphatic rings. The van der Waals surface area contributed by atoms with Crippen molar-refractivity contribution in [1.29, 1.82) is 0 Å². The number of β-amino-alcohol motifs (C(OH)–C–C–N with tert-alkyl or cyclic N) is 1. The molecule has 6 heteroatoms. The van der Waals surface area contributed by atoms with E-state index in [0.29, 0.717) is 19.5 Å². The lowest BCUT2D eigenvalue weighted by molar-refractivity contribution is -0.136. The summed E-state index contributed by atoms with van der Waals surface area (Å²) in [5.41, 5.74) is 0. The predicted molar refractivity (Wildman–Crippen MR) is 72.6 cm³/mol. The minimum atomic E-state index is -0.327. The molecule has 2 amide bonds. The average molecular weight is 271 g/mol. The zero-order valence-corrected chi connectivity index (χ0v) is 12.1. The largest absolute Gasteiger partial charge is 0.392 e. The standard InChI is InChI=1S/C13H25N3O3/c1-4-16(8-12(18)14-10(2)3)13(19)9-15-6-5-11(17)7-15/h10-11,17H,4-9H2,1-3H3,(H,14,18)/t11-/m0/s1. The van der Waals surface area contributed by atoms with E-state index in [9.17, 15) is 14.7 Å². The van der Waals surface area contributed by atoms with Crippen LogP contribution in [0.1, 0.15) is 27.2 Å². The molecule has 1 rings (SSSR count). The molecule has 1 atom stereocenters. The van der Waals surface area contributed by atoms with Gasteiger partial charge in [0.2, 0.25) is 11.8 Å². The second-order valence-electron chi connectivity index (χ2n) is 5.31. The van der Waals surface area contributed by atoms with Gasteiger partial charge in [-0.1, -0.05) is 0 Å². The summed E-state index contributed by atoms with van der Waals surface area (Å²) >= 11 is 0. The van der Waals surface area contributed by atoms with Crippen molar-refractivity contribution in [2.45, 2.75) is 39.3 Å². The fourth-order valence-electron chi connectivity index (χ4n) is 2.16. The van der Waals surface area contributed by atoms with E-state index >= 15 is 0 Å². The minimum absolute atomic E-state index is 0.0597. The summed E-state index contributed by atoms with van der Waals surface area (Å²) in [4.78, 5) is 27.2. The second-order valence-corrected chi connectivity index (χ2v) is 5.31. The molecule has 2 N–H and O–H groups in total. The Morgan fingerprint density at radius 1 is 1.47 bits per heavy atom. The van der Waals surface area contributed by atoms with E-state index in [1.165, 1.54) is 0 Å². The molecule has 1 fully saturated rings. The number of carbonyl (C=O) groups is 2. The topological polar surface area (TPSA) is 72.9 Å². The molecule has 0 bridgehead atoms. The lowest BCUT2D eigenvalue weighted by atomic mass is 10.3. The van der Waals surface area contributed by atoms with Gasteiger partial charge in [0.1, 0.15) is 0 Å². The molecule has 0 aromatic carbocycles. The summed E-state index contributed by atoms with van der Waals surface area (Å²) in [6.45, 7) is 7.82. The van der Waals surface area contributed by atoms with Crippen LogP contribution in [0, 0.1) is 0 Å². The number of likely N-dealkylation sites (tertiary alicyclic amines) is 1. The number of nitrogens with one attached hydrogen (secondary N) is 1. The van der Waals surface area contributed by atoms with Crippen LogP contribution in [0.5, 0.6) is 0 Å². The Bertz CT molecular complexity index is 320. The van der Waals surface area contributed by atoms with Crippen molar-refractivity contribution < 1.29 is 14.7 Å². The van der Waals surface area contributed by atoms with Crippen LogP contribution < -0.4 is 5.32 Å². The third-order valence-corrected chi connectivity index (χ3v) is 3.12. The fourth-order valence-corrected chi connectivity index (χ4v) is 2.16. The zero-order valence-electron chi connectivity index (χ0n) is 12.1. The molecule has 1 aliphatic heterocycles. The highest BCUT2D eigenvalue weighted by molar-refractivity contribution is 5.85. The number of carbonyl (C=O) groups excluding carboxylic acids is 2. The van der Waals surface area contributed by atoms with Crippen molar-refractivity contribution >= 4 is 11.8 Å². The van der Waals surface area contributed by atoms with Crippen molar-refractivity contribution in [3.8, 4) is 0 Å². The SMILES string of the molecule is CCN(CC(=O)NC(C)C)C(=O)CN1CC[C@H](O)C1. The quantitative estimate of drug-likeness (QED) is 0.678. The number of amides is 2. The van der Waals surface area contributed by atoms with Crippen LogP contribution in [0.3, 0.4) is 0 Å². The second kappa shape index (κ2) is 7.45. The Labute approximate surface area is 114 Å². The molecule has 1 saturated heterocycles. The molecule has 110 valence electrons. The highest BCUT2D eigenvalue weighted by atomic mass is 16.3. The molecular weight excluding hydrogens is 246 g/mol. The van der Waals surface area contributed by atoms with Crippen LogP contribution in [0.25, 0.3) is 0 Å². The normalized spacial score (nSPS) is 19.7. The molecule has 0 aromatic heterocycles. The Balaban J connectivity index is 2.40. The first kappa shape index (κ1) is 15.9. The molecule has 0 saturated carbocycles. The van der Waals surface area contributed by atoms with Crippen molar-refractivity contribution in [1.82, 2.24) is 15.1 Å². The van der Waals surface area contributed by atoms with Crippen molar-refractivity contribution in [2.75, 3.05) is 32.7 Å². The Kier molecular flexibility index (Phi) is 6.24. The fraction of sp³-hybridized carbons (Fsp3) is 0.846. The van der Waals surface area contributed by atoms with Crippen LogP contribution in [0.4, 0.5) is 0 Å². The van der Waals surface area contributed by atoms with E-state index in [2.05, 4.69) is 5.32 Å². The number of hydrogen-bond acceptors (Lipinski definition) is 4. The van der Waals surface area contributed by atoms with Gasteiger partial charge in [-0.15, -0.1) is 0 Å². The molecule has 19 heavy (non-hydrogen) atoms. The molecule has 6 nitrogen and oxygen atoms in total. The van der Waals surface area contributed by atoms with Crippen molar-refractivity contribution in [3.05, 3.63) is 0 Å². The van der Waals surface area contributed by atoms with Crippen LogP contribution in [0.15, 0.2) is 0 Å². The predicted octanol–water partition coefficient (Wildman–Crippen LogP) is -0.574. The maximum Gasteiger partial charge on any atom is 0.239 e. The summed E-state index contributed by atoms with van der Waals surface area (Å²) in [6, 6.07) is 0.0787. The number of nitrogens with zero attached hydrogens (tertiary/aromatic N) is 2. The highest BCUT2D eigenvalue weighted by Crippen LogP contribution is 2.08. The van der Waals surface area contributed by atoms with Crippen LogP contribution in [0.2, 0.25) is 0 Å². The van der Waals surface area contributed by atoms with Crippen LogP contribution in [-0.2, 0) is 9.59 Å².